The molecular weight excluding hydrogens is 176 g/mol. The highest BCUT2D eigenvalue weighted by Gasteiger charge is 2.17. The predicted molar refractivity (Wildman–Crippen MR) is 56.6 cm³/mol. The molecule has 0 bridgehead atoms. The molecule has 1 aromatic rings. The second-order valence-electron chi connectivity index (χ2n) is 3.65. The Morgan fingerprint density at radius 2 is 2.07 bits per heavy atom. The second-order valence-corrected chi connectivity index (χ2v) is 3.65. The summed E-state index contributed by atoms with van der Waals surface area (Å²) in [6.45, 7) is 11.3. The molecule has 0 aliphatic carbocycles. The molecule has 0 saturated carbocycles. The van der Waals surface area contributed by atoms with Crippen LogP contribution in [-0.4, -0.2) is 15.6 Å². The van der Waals surface area contributed by atoms with Crippen molar-refractivity contribution in [2.45, 2.75) is 33.7 Å². The van der Waals surface area contributed by atoms with E-state index < -0.39 is 0 Å². The molecule has 76 valence electrons. The maximum atomic E-state index is 11.5. The number of carbonyl (C=O) groups is 1. The van der Waals surface area contributed by atoms with Crippen LogP contribution in [0.25, 0.3) is 0 Å². The third-order valence-electron chi connectivity index (χ3n) is 2.25. The van der Waals surface area contributed by atoms with E-state index in [1.807, 2.05) is 32.4 Å². The molecule has 0 fully saturated rings. The fourth-order valence-corrected chi connectivity index (χ4v) is 1.62. The minimum atomic E-state index is -0.0492. The zero-order valence-electron chi connectivity index (χ0n) is 9.16. The van der Waals surface area contributed by atoms with Crippen molar-refractivity contribution in [2.24, 2.45) is 0 Å². The molecule has 1 heterocycles. The van der Waals surface area contributed by atoms with Gasteiger partial charge in [-0.1, -0.05) is 6.58 Å². The quantitative estimate of drug-likeness (QED) is 0.544. The topological polar surface area (TPSA) is 34.9 Å². The van der Waals surface area contributed by atoms with Crippen LogP contribution in [-0.2, 0) is 0 Å². The van der Waals surface area contributed by atoms with E-state index in [9.17, 15) is 4.79 Å². The Labute approximate surface area is 84.4 Å². The summed E-state index contributed by atoms with van der Waals surface area (Å²) < 4.78 is 1.87. The molecule has 0 aliphatic rings. The summed E-state index contributed by atoms with van der Waals surface area (Å²) in [5.74, 6) is -0.0492. The smallest absolute Gasteiger partial charge is 0.188 e. The van der Waals surface area contributed by atoms with E-state index >= 15 is 0 Å². The monoisotopic (exact) mass is 192 g/mol. The fourth-order valence-electron chi connectivity index (χ4n) is 1.62. The highest BCUT2D eigenvalue weighted by molar-refractivity contribution is 6.05. The zero-order valence-corrected chi connectivity index (χ0v) is 9.16. The first-order chi connectivity index (χ1) is 6.49. The minimum Gasteiger partial charge on any atom is -0.289 e. The van der Waals surface area contributed by atoms with Gasteiger partial charge in [-0.05, 0) is 33.8 Å². The molecule has 0 amide bonds. The Balaban J connectivity index is 3.31. The van der Waals surface area contributed by atoms with Crippen LogP contribution in [0.15, 0.2) is 12.7 Å². The van der Waals surface area contributed by atoms with E-state index in [-0.39, 0.29) is 11.8 Å². The van der Waals surface area contributed by atoms with Gasteiger partial charge in [0.15, 0.2) is 5.78 Å². The molecule has 3 heteroatoms. The standard InChI is InChI=1S/C11H16N2O/c1-6-10(14)11-8(4)12-13(7(2)3)9(11)5/h6-7H,1H2,2-5H3. The summed E-state index contributed by atoms with van der Waals surface area (Å²) in [5, 5.41) is 4.33. The molecule has 0 unspecified atom stereocenters. The lowest BCUT2D eigenvalue weighted by Crippen LogP contribution is -2.06. The number of rotatable bonds is 3. The Bertz CT molecular complexity index is 375. The summed E-state index contributed by atoms with van der Waals surface area (Å²) in [7, 11) is 0. The van der Waals surface area contributed by atoms with E-state index in [1.165, 1.54) is 6.08 Å². The lowest BCUT2D eigenvalue weighted by molar-refractivity contribution is 0.104. The van der Waals surface area contributed by atoms with Crippen molar-refractivity contribution in [3.63, 3.8) is 0 Å². The Hall–Kier alpha value is -1.38. The van der Waals surface area contributed by atoms with Crippen LogP contribution in [0.5, 0.6) is 0 Å². The van der Waals surface area contributed by atoms with Crippen molar-refractivity contribution in [3.05, 3.63) is 29.6 Å². The molecule has 1 aromatic heterocycles. The minimum absolute atomic E-state index is 0.0492. The lowest BCUT2D eigenvalue weighted by Gasteiger charge is -2.07. The first-order valence-electron chi connectivity index (χ1n) is 4.71. The molecule has 14 heavy (non-hydrogen) atoms. The summed E-state index contributed by atoms with van der Waals surface area (Å²) in [5.41, 5.74) is 2.39. The molecule has 0 aromatic carbocycles. The number of carbonyl (C=O) groups excluding carboxylic acids is 1. The largest absolute Gasteiger partial charge is 0.289 e. The Morgan fingerprint density at radius 1 is 1.50 bits per heavy atom. The number of nitrogens with zero attached hydrogens (tertiary/aromatic N) is 2. The average molecular weight is 192 g/mol. The van der Waals surface area contributed by atoms with Crippen LogP contribution < -0.4 is 0 Å². The van der Waals surface area contributed by atoms with Gasteiger partial charge in [0.05, 0.1) is 11.3 Å². The van der Waals surface area contributed by atoms with E-state index in [1.54, 1.807) is 0 Å². The van der Waals surface area contributed by atoms with Crippen LogP contribution in [0.4, 0.5) is 0 Å². The summed E-state index contributed by atoms with van der Waals surface area (Å²) in [6, 6.07) is 0.278. The SMILES string of the molecule is C=CC(=O)c1c(C)nn(C(C)C)c1C. The normalized spacial score (nSPS) is 10.6. The van der Waals surface area contributed by atoms with Crippen LogP contribution in [0.1, 0.15) is 41.6 Å². The molecule has 0 spiro atoms. The van der Waals surface area contributed by atoms with Crippen LogP contribution >= 0.6 is 0 Å². The molecule has 0 radical (unpaired) electrons. The predicted octanol–water partition coefficient (Wildman–Crippen LogP) is 2.45. The van der Waals surface area contributed by atoms with Gasteiger partial charge in [-0.25, -0.2) is 0 Å². The molecule has 0 N–H and O–H groups in total. The first-order valence-corrected chi connectivity index (χ1v) is 4.71. The van der Waals surface area contributed by atoms with Crippen molar-refractivity contribution in [3.8, 4) is 0 Å². The van der Waals surface area contributed by atoms with Crippen LogP contribution in [0.3, 0.4) is 0 Å². The van der Waals surface area contributed by atoms with Gasteiger partial charge in [-0.2, -0.15) is 5.10 Å². The summed E-state index contributed by atoms with van der Waals surface area (Å²) >= 11 is 0. The number of hydrogen-bond acceptors (Lipinski definition) is 2. The molecule has 0 aliphatic heterocycles. The molecule has 0 atom stereocenters. The van der Waals surface area contributed by atoms with Crippen molar-refractivity contribution in [1.29, 1.82) is 0 Å². The van der Waals surface area contributed by atoms with E-state index in [0.717, 1.165) is 11.4 Å². The maximum absolute atomic E-state index is 11.5. The van der Waals surface area contributed by atoms with Crippen molar-refractivity contribution >= 4 is 5.78 Å². The van der Waals surface area contributed by atoms with Gasteiger partial charge < -0.3 is 0 Å². The molecule has 3 nitrogen and oxygen atoms in total. The zero-order chi connectivity index (χ0) is 10.9. The van der Waals surface area contributed by atoms with Gasteiger partial charge in [0.1, 0.15) is 0 Å². The number of allylic oxidation sites excluding steroid dienone is 1. The van der Waals surface area contributed by atoms with Gasteiger partial charge in [-0.15, -0.1) is 0 Å². The molecule has 1 rings (SSSR count). The Kier molecular flexibility index (Phi) is 2.89. The molecular formula is C11H16N2O. The maximum Gasteiger partial charge on any atom is 0.188 e. The van der Waals surface area contributed by atoms with E-state index in [4.69, 9.17) is 0 Å². The molecule has 0 saturated heterocycles. The first kappa shape index (κ1) is 10.7. The van der Waals surface area contributed by atoms with Gasteiger partial charge in [0, 0.05) is 11.7 Å². The van der Waals surface area contributed by atoms with Crippen LogP contribution in [0.2, 0.25) is 0 Å². The van der Waals surface area contributed by atoms with Crippen LogP contribution in [0, 0.1) is 13.8 Å². The van der Waals surface area contributed by atoms with Gasteiger partial charge in [-0.3, -0.25) is 9.48 Å². The lowest BCUT2D eigenvalue weighted by atomic mass is 10.1. The van der Waals surface area contributed by atoms with Gasteiger partial charge in [0.2, 0.25) is 0 Å². The number of hydrogen-bond donors (Lipinski definition) is 0. The third kappa shape index (κ3) is 1.62. The van der Waals surface area contributed by atoms with Gasteiger partial charge in [0.25, 0.3) is 0 Å². The van der Waals surface area contributed by atoms with Gasteiger partial charge >= 0.3 is 0 Å². The third-order valence-corrected chi connectivity index (χ3v) is 2.25. The summed E-state index contributed by atoms with van der Waals surface area (Å²) in [6.07, 6.45) is 1.34. The van der Waals surface area contributed by atoms with E-state index in [2.05, 4.69) is 11.7 Å². The Morgan fingerprint density at radius 3 is 2.43 bits per heavy atom. The van der Waals surface area contributed by atoms with Crippen molar-refractivity contribution < 1.29 is 4.79 Å². The van der Waals surface area contributed by atoms with E-state index in [0.29, 0.717) is 5.56 Å². The number of ketones is 1. The summed E-state index contributed by atoms with van der Waals surface area (Å²) in [4.78, 5) is 11.5. The number of aryl methyl sites for hydroxylation is 1. The highest BCUT2D eigenvalue weighted by atomic mass is 16.1. The van der Waals surface area contributed by atoms with Crippen molar-refractivity contribution in [2.75, 3.05) is 0 Å². The highest BCUT2D eigenvalue weighted by Crippen LogP contribution is 2.17. The van der Waals surface area contributed by atoms with Crippen molar-refractivity contribution in [1.82, 2.24) is 9.78 Å². The fraction of sp³-hybridized carbons (Fsp3) is 0.455. The second kappa shape index (κ2) is 3.78. The average Bonchev–Trinajstić information content (AvgIpc) is 2.41. The number of aromatic nitrogens is 2.